The zero-order valence-electron chi connectivity index (χ0n) is 17.6. The van der Waals surface area contributed by atoms with E-state index in [4.69, 9.17) is 27.9 Å². The summed E-state index contributed by atoms with van der Waals surface area (Å²) in [7, 11) is 0. The molecule has 0 unspecified atom stereocenters. The molecule has 0 saturated carbocycles. The highest BCUT2D eigenvalue weighted by molar-refractivity contribution is 6.40. The summed E-state index contributed by atoms with van der Waals surface area (Å²) in [6, 6.07) is 26.1. The molecule has 5 nitrogen and oxygen atoms in total. The van der Waals surface area contributed by atoms with E-state index >= 15 is 0 Å². The second kappa shape index (κ2) is 10.2. The molecule has 0 atom stereocenters. The molecule has 0 aromatic heterocycles. The molecule has 0 spiro atoms. The Kier molecular flexibility index (Phi) is 6.93. The normalized spacial score (nSPS) is 11.0. The molecule has 4 aromatic carbocycles. The van der Waals surface area contributed by atoms with Crippen molar-refractivity contribution in [3.8, 4) is 11.8 Å². The average Bonchev–Trinajstić information content (AvgIpc) is 2.85. The standard InChI is InChI=1S/C27H16Cl2N2O3/c28-22-12-6-13-23(29)25(22)31-26(32)19(16-30)15-18-8-2-4-14-24(18)34-27(33)21-11-5-9-17-7-1-3-10-20(17)21/h1-15H,(H,31,32)/b19-15+. The fraction of sp³-hybridized carbons (Fsp3) is 0. The largest absolute Gasteiger partial charge is 0.422 e. The van der Waals surface area contributed by atoms with Crippen LogP contribution in [0.4, 0.5) is 5.69 Å². The summed E-state index contributed by atoms with van der Waals surface area (Å²) in [6.07, 6.45) is 1.34. The van der Waals surface area contributed by atoms with E-state index < -0.39 is 11.9 Å². The zero-order valence-corrected chi connectivity index (χ0v) is 19.1. The Bertz CT molecular complexity index is 1460. The minimum atomic E-state index is -0.701. The summed E-state index contributed by atoms with van der Waals surface area (Å²) in [5.74, 6) is -1.05. The number of amides is 1. The number of hydrogen-bond acceptors (Lipinski definition) is 4. The van der Waals surface area contributed by atoms with E-state index in [1.54, 1.807) is 54.6 Å². The number of fused-ring (bicyclic) bond motifs is 1. The molecule has 0 aliphatic rings. The third kappa shape index (κ3) is 4.94. The Morgan fingerprint density at radius 1 is 0.853 bits per heavy atom. The molecule has 166 valence electrons. The first-order chi connectivity index (χ1) is 16.5. The van der Waals surface area contributed by atoms with Crippen LogP contribution in [0.5, 0.6) is 5.75 Å². The summed E-state index contributed by atoms with van der Waals surface area (Å²) in [5.41, 5.74) is 0.772. The van der Waals surface area contributed by atoms with Crippen LogP contribution >= 0.6 is 23.2 Å². The summed E-state index contributed by atoms with van der Waals surface area (Å²) in [4.78, 5) is 25.7. The van der Waals surface area contributed by atoms with Crippen LogP contribution in [0.15, 0.2) is 90.5 Å². The van der Waals surface area contributed by atoms with Gasteiger partial charge >= 0.3 is 5.97 Å². The van der Waals surface area contributed by atoms with Gasteiger partial charge < -0.3 is 10.1 Å². The fourth-order valence-electron chi connectivity index (χ4n) is 3.35. The topological polar surface area (TPSA) is 79.2 Å². The lowest BCUT2D eigenvalue weighted by molar-refractivity contribution is -0.112. The molecule has 0 aliphatic carbocycles. The van der Waals surface area contributed by atoms with Crippen molar-refractivity contribution in [3.05, 3.63) is 112 Å². The van der Waals surface area contributed by atoms with Gasteiger partial charge in [0.05, 0.1) is 21.3 Å². The van der Waals surface area contributed by atoms with E-state index in [9.17, 15) is 14.9 Å². The first-order valence-electron chi connectivity index (χ1n) is 10.1. The monoisotopic (exact) mass is 486 g/mol. The summed E-state index contributed by atoms with van der Waals surface area (Å²) in [6.45, 7) is 0. The Hall–Kier alpha value is -4.11. The highest BCUT2D eigenvalue weighted by Gasteiger charge is 2.17. The summed E-state index contributed by atoms with van der Waals surface area (Å²) >= 11 is 12.2. The quantitative estimate of drug-likeness (QED) is 0.144. The molecule has 1 N–H and O–H groups in total. The zero-order chi connectivity index (χ0) is 24.1. The highest BCUT2D eigenvalue weighted by atomic mass is 35.5. The number of nitriles is 1. The third-order valence-electron chi connectivity index (χ3n) is 5.00. The Balaban J connectivity index is 1.63. The van der Waals surface area contributed by atoms with E-state index in [-0.39, 0.29) is 27.1 Å². The summed E-state index contributed by atoms with van der Waals surface area (Å²) < 4.78 is 5.65. The molecule has 4 rings (SSSR count). The van der Waals surface area contributed by atoms with Gasteiger partial charge in [-0.2, -0.15) is 5.26 Å². The lowest BCUT2D eigenvalue weighted by atomic mass is 10.0. The van der Waals surface area contributed by atoms with Gasteiger partial charge in [0.25, 0.3) is 5.91 Å². The van der Waals surface area contributed by atoms with Gasteiger partial charge in [0.1, 0.15) is 17.4 Å². The van der Waals surface area contributed by atoms with Gasteiger partial charge in [-0.3, -0.25) is 4.79 Å². The van der Waals surface area contributed by atoms with Crippen LogP contribution in [0.25, 0.3) is 16.8 Å². The number of hydrogen-bond donors (Lipinski definition) is 1. The van der Waals surface area contributed by atoms with Crippen molar-refractivity contribution >= 4 is 57.6 Å². The van der Waals surface area contributed by atoms with Crippen LogP contribution < -0.4 is 10.1 Å². The first kappa shape index (κ1) is 23.1. The van der Waals surface area contributed by atoms with Gasteiger partial charge in [0.15, 0.2) is 0 Å². The number of benzene rings is 4. The van der Waals surface area contributed by atoms with Crippen LogP contribution in [0.2, 0.25) is 10.0 Å². The molecule has 0 fully saturated rings. The smallest absolute Gasteiger partial charge is 0.344 e. The maximum Gasteiger partial charge on any atom is 0.344 e. The van der Waals surface area contributed by atoms with Crippen LogP contribution in [0, 0.1) is 11.3 Å². The fourth-order valence-corrected chi connectivity index (χ4v) is 3.85. The second-order valence-electron chi connectivity index (χ2n) is 7.17. The van der Waals surface area contributed by atoms with E-state index in [1.807, 2.05) is 36.4 Å². The predicted molar refractivity (Wildman–Crippen MR) is 134 cm³/mol. The average molecular weight is 487 g/mol. The minimum absolute atomic E-state index is 0.202. The molecule has 34 heavy (non-hydrogen) atoms. The number of carbonyl (C=O) groups is 2. The predicted octanol–water partition coefficient (Wildman–Crippen LogP) is 6.91. The number of halogens is 2. The lowest BCUT2D eigenvalue weighted by Crippen LogP contribution is -2.14. The van der Waals surface area contributed by atoms with E-state index in [2.05, 4.69) is 5.32 Å². The number of rotatable bonds is 5. The van der Waals surface area contributed by atoms with Crippen molar-refractivity contribution in [2.24, 2.45) is 0 Å². The maximum absolute atomic E-state index is 13.0. The number of carbonyl (C=O) groups excluding carboxylic acids is 2. The lowest BCUT2D eigenvalue weighted by Gasteiger charge is -2.11. The summed E-state index contributed by atoms with van der Waals surface area (Å²) in [5, 5.41) is 14.3. The van der Waals surface area contributed by atoms with Crippen molar-refractivity contribution in [3.63, 3.8) is 0 Å². The van der Waals surface area contributed by atoms with Gasteiger partial charge in [0.2, 0.25) is 0 Å². The number of esters is 1. The van der Waals surface area contributed by atoms with Crippen molar-refractivity contribution < 1.29 is 14.3 Å². The molecule has 4 aromatic rings. The van der Waals surface area contributed by atoms with Gasteiger partial charge in [-0.1, -0.05) is 83.9 Å². The molecule has 7 heteroatoms. The van der Waals surface area contributed by atoms with Gasteiger partial charge in [0, 0.05) is 5.56 Å². The molecule has 0 heterocycles. The van der Waals surface area contributed by atoms with Crippen molar-refractivity contribution in [2.75, 3.05) is 5.32 Å². The third-order valence-corrected chi connectivity index (χ3v) is 5.63. The molecule has 0 aliphatic heterocycles. The molecule has 0 bridgehead atoms. The van der Waals surface area contributed by atoms with Crippen molar-refractivity contribution in [2.45, 2.75) is 0 Å². The Morgan fingerprint density at radius 2 is 1.50 bits per heavy atom. The molecule has 0 saturated heterocycles. The van der Waals surface area contributed by atoms with Gasteiger partial charge in [-0.05, 0) is 41.1 Å². The first-order valence-corrected chi connectivity index (χ1v) is 10.9. The molecular formula is C27H16Cl2N2O3. The van der Waals surface area contributed by atoms with Crippen LogP contribution in [0.3, 0.4) is 0 Å². The minimum Gasteiger partial charge on any atom is -0.422 e. The van der Waals surface area contributed by atoms with E-state index in [1.165, 1.54) is 6.08 Å². The molecular weight excluding hydrogens is 471 g/mol. The molecule has 0 radical (unpaired) electrons. The molecule has 1 amide bonds. The number of nitrogens with zero attached hydrogens (tertiary/aromatic N) is 1. The SMILES string of the molecule is N#C/C(=C\c1ccccc1OC(=O)c1cccc2ccccc12)C(=O)Nc1c(Cl)cccc1Cl. The second-order valence-corrected chi connectivity index (χ2v) is 7.99. The number of ether oxygens (including phenoxy) is 1. The van der Waals surface area contributed by atoms with Crippen molar-refractivity contribution in [1.29, 1.82) is 5.26 Å². The van der Waals surface area contributed by atoms with Crippen LogP contribution in [0.1, 0.15) is 15.9 Å². The number of nitrogens with one attached hydrogen (secondary N) is 1. The Morgan fingerprint density at radius 3 is 2.26 bits per heavy atom. The van der Waals surface area contributed by atoms with Gasteiger partial charge in [-0.25, -0.2) is 4.79 Å². The van der Waals surface area contributed by atoms with Crippen molar-refractivity contribution in [1.82, 2.24) is 0 Å². The maximum atomic E-state index is 13.0. The van der Waals surface area contributed by atoms with Gasteiger partial charge in [-0.15, -0.1) is 0 Å². The van der Waals surface area contributed by atoms with E-state index in [0.29, 0.717) is 11.1 Å². The van der Waals surface area contributed by atoms with Crippen LogP contribution in [-0.4, -0.2) is 11.9 Å². The number of para-hydroxylation sites is 2. The highest BCUT2D eigenvalue weighted by Crippen LogP contribution is 2.30. The van der Waals surface area contributed by atoms with Crippen LogP contribution in [-0.2, 0) is 4.79 Å². The number of anilines is 1. The Labute approximate surface area is 205 Å². The van der Waals surface area contributed by atoms with E-state index in [0.717, 1.165) is 10.8 Å².